The molecule has 10 aromatic rings. The smallest absolute Gasteiger partial charge is 0.0541 e. The van der Waals surface area contributed by atoms with Gasteiger partial charge in [-0.2, -0.15) is 0 Å². The number of fused-ring (bicyclic) bond motifs is 5. The molecule has 9 aromatic carbocycles. The Balaban J connectivity index is 1.00. The third-order valence-corrected chi connectivity index (χ3v) is 13.1. The number of hydrogen-bond acceptors (Lipinski definition) is 0. The van der Waals surface area contributed by atoms with E-state index >= 15 is 0 Å². The van der Waals surface area contributed by atoms with E-state index in [0.29, 0.717) is 0 Å². The van der Waals surface area contributed by atoms with Gasteiger partial charge in [0.05, 0.1) is 11.0 Å². The van der Waals surface area contributed by atoms with E-state index in [2.05, 4.69) is 232 Å². The monoisotopic (exact) mass is 767 g/mol. The lowest BCUT2D eigenvalue weighted by Gasteiger charge is -2.35. The molecule has 0 bridgehead atoms. The second-order valence-corrected chi connectivity index (χ2v) is 17.1. The molecule has 0 N–H and O–H groups in total. The molecule has 0 fully saturated rings. The van der Waals surface area contributed by atoms with Crippen molar-refractivity contribution in [2.24, 2.45) is 5.41 Å². The van der Waals surface area contributed by atoms with Gasteiger partial charge < -0.3 is 4.57 Å². The molecule has 0 radical (unpaired) electrons. The van der Waals surface area contributed by atoms with Crippen LogP contribution in [0, 0.1) is 5.41 Å². The van der Waals surface area contributed by atoms with Crippen molar-refractivity contribution in [2.75, 3.05) is 0 Å². The maximum Gasteiger partial charge on any atom is 0.0541 e. The summed E-state index contributed by atoms with van der Waals surface area (Å²) in [5.74, 6) is 0. The Kier molecular flexibility index (Phi) is 8.53. The first-order valence-electron chi connectivity index (χ1n) is 21.1. The van der Waals surface area contributed by atoms with Gasteiger partial charge in [-0.15, -0.1) is 0 Å². The average Bonchev–Trinajstić information content (AvgIpc) is 3.63. The number of aromatic nitrogens is 1. The minimum absolute atomic E-state index is 0.0497. The zero-order chi connectivity index (χ0) is 40.4. The van der Waals surface area contributed by atoms with Crippen LogP contribution in [0.1, 0.15) is 31.9 Å². The minimum Gasteiger partial charge on any atom is -0.309 e. The van der Waals surface area contributed by atoms with E-state index in [1.165, 1.54) is 111 Å². The van der Waals surface area contributed by atoms with Gasteiger partial charge in [0, 0.05) is 16.5 Å². The summed E-state index contributed by atoms with van der Waals surface area (Å²) in [6.07, 6.45) is 3.46. The van der Waals surface area contributed by atoms with Crippen LogP contribution in [0.5, 0.6) is 0 Å². The molecule has 1 aromatic heterocycles. The second kappa shape index (κ2) is 14.3. The third kappa shape index (κ3) is 6.00. The van der Waals surface area contributed by atoms with Crippen molar-refractivity contribution in [1.82, 2.24) is 4.57 Å². The van der Waals surface area contributed by atoms with Crippen LogP contribution in [0.3, 0.4) is 0 Å². The van der Waals surface area contributed by atoms with Crippen LogP contribution in [0.15, 0.2) is 206 Å². The Hall–Kier alpha value is -7.22. The molecule has 1 heteroatoms. The van der Waals surface area contributed by atoms with Crippen LogP contribution >= 0.6 is 0 Å². The average molecular weight is 768 g/mol. The minimum atomic E-state index is 0.0497. The van der Waals surface area contributed by atoms with Gasteiger partial charge in [0.25, 0.3) is 0 Å². The molecule has 0 amide bonds. The molecule has 0 saturated carbocycles. The largest absolute Gasteiger partial charge is 0.309 e. The summed E-state index contributed by atoms with van der Waals surface area (Å²) >= 11 is 0. The van der Waals surface area contributed by atoms with Crippen molar-refractivity contribution in [1.29, 1.82) is 0 Å². The van der Waals surface area contributed by atoms with Gasteiger partial charge in [-0.3, -0.25) is 0 Å². The second-order valence-electron chi connectivity index (χ2n) is 17.1. The Morgan fingerprint density at radius 1 is 0.383 bits per heavy atom. The number of benzene rings is 9. The molecule has 0 aliphatic heterocycles. The highest BCUT2D eigenvalue weighted by molar-refractivity contribution is 6.12. The lowest BCUT2D eigenvalue weighted by atomic mass is 9.69. The highest BCUT2D eigenvalue weighted by atomic mass is 15.0. The van der Waals surface area contributed by atoms with Crippen molar-refractivity contribution in [3.63, 3.8) is 0 Å². The molecule has 286 valence electrons. The Bertz CT molecular complexity index is 3250. The summed E-state index contributed by atoms with van der Waals surface area (Å²) in [7, 11) is 0. The van der Waals surface area contributed by atoms with Gasteiger partial charge in [0.15, 0.2) is 0 Å². The van der Waals surface area contributed by atoms with E-state index in [-0.39, 0.29) is 5.41 Å². The normalized spacial score (nSPS) is 13.4. The molecule has 0 spiro atoms. The van der Waals surface area contributed by atoms with E-state index in [9.17, 15) is 0 Å². The first-order chi connectivity index (χ1) is 29.4. The summed E-state index contributed by atoms with van der Waals surface area (Å²) in [6.45, 7) is 7.10. The lowest BCUT2D eigenvalue weighted by Crippen LogP contribution is -2.22. The number of allylic oxidation sites excluding steroid dienone is 1. The molecule has 1 heterocycles. The molecule has 0 saturated heterocycles. The standard InChI is InChI=1S/C59H45N/c1-39-36-53-54(38-59(39,2)3)58(46-30-26-43(27-31-46)42-24-22-41(23-25-42)40-14-6-4-7-15-40)51-20-11-10-19-50(51)57(53)45-32-28-44(29-33-45)47-34-35-56-52(37-47)49-18-12-13-21-55(49)60(56)48-16-8-5-9-17-48/h4-37H,38H2,1-3H3. The van der Waals surface area contributed by atoms with Crippen molar-refractivity contribution in [3.8, 4) is 61.3 Å². The SMILES string of the molecule is CC1=Cc2c(c(-c3ccc(-c4ccc(-c5ccccc5)cc4)cc3)c3ccccc3c2-c2ccc(-c3ccc4c(c3)c3ccccc3n4-c3ccccc3)cc2)CC1(C)C. The third-order valence-electron chi connectivity index (χ3n) is 13.1. The van der Waals surface area contributed by atoms with Crippen LogP contribution < -0.4 is 0 Å². The van der Waals surface area contributed by atoms with Crippen LogP contribution in [0.25, 0.3) is 100.0 Å². The van der Waals surface area contributed by atoms with Crippen molar-refractivity contribution in [2.45, 2.75) is 27.2 Å². The van der Waals surface area contributed by atoms with E-state index in [4.69, 9.17) is 0 Å². The predicted molar refractivity (Wildman–Crippen MR) is 257 cm³/mol. The van der Waals surface area contributed by atoms with E-state index in [1.807, 2.05) is 0 Å². The summed E-state index contributed by atoms with van der Waals surface area (Å²) in [5.41, 5.74) is 20.4. The predicted octanol–water partition coefficient (Wildman–Crippen LogP) is 16.3. The molecule has 0 unspecified atom stereocenters. The number of para-hydroxylation sites is 2. The molecular formula is C59H45N. The summed E-state index contributed by atoms with van der Waals surface area (Å²) in [5, 5.41) is 5.13. The fourth-order valence-corrected chi connectivity index (χ4v) is 9.64. The fraction of sp³-hybridized carbons (Fsp3) is 0.0847. The van der Waals surface area contributed by atoms with Gasteiger partial charge in [0.2, 0.25) is 0 Å². The highest BCUT2D eigenvalue weighted by Gasteiger charge is 2.31. The van der Waals surface area contributed by atoms with Gasteiger partial charge in [0.1, 0.15) is 0 Å². The van der Waals surface area contributed by atoms with E-state index < -0.39 is 0 Å². The lowest BCUT2D eigenvalue weighted by molar-refractivity contribution is 0.442. The number of rotatable bonds is 6. The molecule has 1 aliphatic rings. The number of hydrogen-bond donors (Lipinski definition) is 0. The van der Waals surface area contributed by atoms with Crippen molar-refractivity contribution < 1.29 is 0 Å². The first-order valence-corrected chi connectivity index (χ1v) is 21.1. The highest BCUT2D eigenvalue weighted by Crippen LogP contribution is 2.49. The summed E-state index contributed by atoms with van der Waals surface area (Å²) < 4.78 is 2.38. The molecule has 60 heavy (non-hydrogen) atoms. The van der Waals surface area contributed by atoms with Crippen LogP contribution in [-0.2, 0) is 6.42 Å². The van der Waals surface area contributed by atoms with Gasteiger partial charge in [-0.1, -0.05) is 195 Å². The van der Waals surface area contributed by atoms with Crippen LogP contribution in [0.2, 0.25) is 0 Å². The van der Waals surface area contributed by atoms with Crippen molar-refractivity contribution >= 4 is 38.7 Å². The Labute approximate surface area is 352 Å². The molecular weight excluding hydrogens is 723 g/mol. The van der Waals surface area contributed by atoms with Crippen molar-refractivity contribution in [3.05, 3.63) is 217 Å². The van der Waals surface area contributed by atoms with Crippen LogP contribution in [0.4, 0.5) is 0 Å². The topological polar surface area (TPSA) is 4.93 Å². The van der Waals surface area contributed by atoms with Gasteiger partial charge in [-0.05, 0) is 127 Å². The molecule has 1 nitrogen and oxygen atoms in total. The Morgan fingerprint density at radius 3 is 1.43 bits per heavy atom. The Morgan fingerprint density at radius 2 is 0.817 bits per heavy atom. The van der Waals surface area contributed by atoms with E-state index in [0.717, 1.165) is 6.42 Å². The fourth-order valence-electron chi connectivity index (χ4n) is 9.64. The summed E-state index contributed by atoms with van der Waals surface area (Å²) in [4.78, 5) is 0. The first kappa shape index (κ1) is 35.9. The van der Waals surface area contributed by atoms with Crippen LogP contribution in [-0.4, -0.2) is 4.57 Å². The summed E-state index contributed by atoms with van der Waals surface area (Å²) in [6, 6.07) is 73.6. The van der Waals surface area contributed by atoms with E-state index in [1.54, 1.807) is 0 Å². The van der Waals surface area contributed by atoms with Gasteiger partial charge >= 0.3 is 0 Å². The molecule has 0 atom stereocenters. The van der Waals surface area contributed by atoms with Gasteiger partial charge in [-0.25, -0.2) is 0 Å². The quantitative estimate of drug-likeness (QED) is 0.159. The maximum absolute atomic E-state index is 2.48. The zero-order valence-electron chi connectivity index (χ0n) is 34.3. The zero-order valence-corrected chi connectivity index (χ0v) is 34.3. The molecule has 1 aliphatic carbocycles. The molecule has 11 rings (SSSR count). The number of nitrogens with zero attached hydrogens (tertiary/aromatic N) is 1. The maximum atomic E-state index is 2.48.